The highest BCUT2D eigenvalue weighted by atomic mass is 32.2. The normalized spacial score (nSPS) is 20.2. The Labute approximate surface area is 255 Å². The first-order valence-corrected chi connectivity index (χ1v) is 17.0. The molecule has 0 unspecified atom stereocenters. The van der Waals surface area contributed by atoms with E-state index in [1.807, 2.05) is 0 Å². The zero-order chi connectivity index (χ0) is 31.7. The molecule has 2 atom stereocenters. The number of nitrogens with zero attached hydrogens (tertiary/aromatic N) is 5. The fourth-order valence-electron chi connectivity index (χ4n) is 5.00. The van der Waals surface area contributed by atoms with Crippen molar-refractivity contribution in [3.8, 4) is 23.8 Å². The van der Waals surface area contributed by atoms with Gasteiger partial charge in [0.1, 0.15) is 30.3 Å². The van der Waals surface area contributed by atoms with Gasteiger partial charge in [0.15, 0.2) is 5.54 Å². The molecule has 0 spiro atoms. The van der Waals surface area contributed by atoms with Crippen molar-refractivity contribution >= 4 is 41.4 Å². The zero-order valence-corrected chi connectivity index (χ0v) is 25.8. The number of hydrogen-bond donors (Lipinski definition) is 2. The third kappa shape index (κ3) is 6.76. The van der Waals surface area contributed by atoms with Crippen LogP contribution in [0, 0.1) is 23.2 Å². The first-order valence-electron chi connectivity index (χ1n) is 13.6. The van der Waals surface area contributed by atoms with Crippen LogP contribution in [0.2, 0.25) is 0 Å². The fraction of sp³-hybridized carbons (Fsp3) is 0.464. The molecule has 2 N–H and O–H groups in total. The van der Waals surface area contributed by atoms with Crippen molar-refractivity contribution < 1.29 is 31.6 Å². The van der Waals surface area contributed by atoms with Crippen LogP contribution >= 0.6 is 18.9 Å². The zero-order valence-electron chi connectivity index (χ0n) is 24.1. The number of fused-ring (bicyclic) bond motifs is 1. The van der Waals surface area contributed by atoms with E-state index >= 15 is 4.39 Å². The largest absolute Gasteiger partial charge is 0.480 e. The molecule has 0 saturated carbocycles. The van der Waals surface area contributed by atoms with Crippen molar-refractivity contribution in [1.82, 2.24) is 19.5 Å². The molecule has 10 nitrogen and oxygen atoms in total. The van der Waals surface area contributed by atoms with E-state index in [-0.39, 0.29) is 60.1 Å². The van der Waals surface area contributed by atoms with Crippen molar-refractivity contribution in [1.29, 1.82) is 5.26 Å². The number of alkyl halides is 4. The number of hydrogen-bond acceptors (Lipinski definition) is 10. The molecule has 5 heterocycles. The second-order valence-corrected chi connectivity index (χ2v) is 15.0. The van der Waals surface area contributed by atoms with Gasteiger partial charge in [-0.1, -0.05) is 12.0 Å². The minimum Gasteiger partial charge on any atom is -0.480 e. The Balaban J connectivity index is 1.36. The molecule has 44 heavy (non-hydrogen) atoms. The molecule has 0 amide bonds. The van der Waals surface area contributed by atoms with Crippen LogP contribution in [-0.4, -0.2) is 96.0 Å². The van der Waals surface area contributed by atoms with Crippen LogP contribution in [0.15, 0.2) is 35.2 Å². The van der Waals surface area contributed by atoms with Crippen molar-refractivity contribution in [3.05, 3.63) is 36.0 Å². The minimum absolute atomic E-state index is 0.0275. The average molecular weight is 652 g/mol. The van der Waals surface area contributed by atoms with Crippen LogP contribution in [0.3, 0.4) is 0 Å². The number of halogens is 4. The van der Waals surface area contributed by atoms with E-state index in [4.69, 9.17) is 9.47 Å². The lowest BCUT2D eigenvalue weighted by molar-refractivity contribution is -0.121. The molecule has 0 bridgehead atoms. The molecule has 0 radical (unpaired) electrons. The first-order chi connectivity index (χ1) is 20.8. The predicted octanol–water partition coefficient (Wildman–Crippen LogP) is 4.18. The highest BCUT2D eigenvalue weighted by Gasteiger charge is 2.48. The standard InChI is InChI=1S/C28H30F4N7O3PS/c1-41-26-21(9-10-24(36-26)43(2,3)40)34-12-5-6-20-25(44-28(30,31)32)22-7-4-8-23(39(22)37-20)35-19-11-13-38(14-18(19)29)27(15-33)16-42-17-27/h4,7-10,18-19,34-35H,11-14,16-17H2,1-3H3/t18-,19+/m0/s1. The van der Waals surface area contributed by atoms with Gasteiger partial charge < -0.3 is 24.7 Å². The highest BCUT2D eigenvalue weighted by Crippen LogP contribution is 2.41. The lowest BCUT2D eigenvalue weighted by Gasteiger charge is -2.48. The average Bonchev–Trinajstić information content (AvgIpc) is 3.28. The molecule has 0 aromatic carbocycles. The van der Waals surface area contributed by atoms with Crippen LogP contribution < -0.4 is 20.8 Å². The van der Waals surface area contributed by atoms with Gasteiger partial charge in [0.25, 0.3) is 0 Å². The van der Waals surface area contributed by atoms with Gasteiger partial charge in [-0.05, 0) is 61.7 Å². The highest BCUT2D eigenvalue weighted by molar-refractivity contribution is 8.00. The maximum atomic E-state index is 15.3. The molecule has 2 saturated heterocycles. The predicted molar refractivity (Wildman–Crippen MR) is 160 cm³/mol. The van der Waals surface area contributed by atoms with Gasteiger partial charge in [-0.15, -0.1) is 0 Å². The summed E-state index contributed by atoms with van der Waals surface area (Å²) in [5, 5.41) is 20.1. The molecular weight excluding hydrogens is 621 g/mol. The molecule has 5 rings (SSSR count). The van der Waals surface area contributed by atoms with Gasteiger partial charge in [0, 0.05) is 13.1 Å². The van der Waals surface area contributed by atoms with Crippen molar-refractivity contribution in [3.63, 3.8) is 0 Å². The van der Waals surface area contributed by atoms with Gasteiger partial charge in [-0.2, -0.15) is 23.5 Å². The number of methoxy groups -OCH3 is 1. The summed E-state index contributed by atoms with van der Waals surface area (Å²) < 4.78 is 80.2. The number of piperidine rings is 1. The summed E-state index contributed by atoms with van der Waals surface area (Å²) in [5.74, 6) is 6.06. The van der Waals surface area contributed by atoms with Crippen LogP contribution in [0.25, 0.3) is 5.52 Å². The van der Waals surface area contributed by atoms with Crippen molar-refractivity contribution in [2.75, 3.05) is 63.9 Å². The van der Waals surface area contributed by atoms with E-state index in [1.165, 1.54) is 17.7 Å². The van der Waals surface area contributed by atoms with Gasteiger partial charge >= 0.3 is 5.51 Å². The lowest BCUT2D eigenvalue weighted by atomic mass is 9.92. The monoisotopic (exact) mass is 651 g/mol. The molecule has 2 fully saturated rings. The number of rotatable bonds is 8. The third-order valence-corrected chi connectivity index (χ3v) is 9.56. The van der Waals surface area contributed by atoms with Crippen molar-refractivity contribution in [2.45, 2.75) is 34.6 Å². The molecule has 234 valence electrons. The smallest absolute Gasteiger partial charge is 0.446 e. The molecule has 2 aliphatic rings. The Hall–Kier alpha value is -3.49. The summed E-state index contributed by atoms with van der Waals surface area (Å²) in [5.41, 5.74) is -4.46. The molecule has 0 aliphatic carbocycles. The Morgan fingerprint density at radius 3 is 2.66 bits per heavy atom. The third-order valence-electron chi connectivity index (χ3n) is 7.36. The number of likely N-dealkylation sites (tertiary alicyclic amines) is 1. The van der Waals surface area contributed by atoms with Gasteiger partial charge in [-0.3, -0.25) is 4.90 Å². The minimum atomic E-state index is -4.60. The molecule has 3 aromatic heterocycles. The molecular formula is C28H30F4N7O3PS. The number of nitriles is 1. The van der Waals surface area contributed by atoms with E-state index in [2.05, 4.69) is 38.6 Å². The maximum absolute atomic E-state index is 15.3. The van der Waals surface area contributed by atoms with Crippen LogP contribution in [0.5, 0.6) is 5.88 Å². The fourth-order valence-corrected chi connectivity index (χ4v) is 6.45. The Morgan fingerprint density at radius 2 is 2.05 bits per heavy atom. The van der Waals surface area contributed by atoms with Gasteiger partial charge in [-0.25, -0.2) is 13.9 Å². The Bertz CT molecular complexity index is 1690. The summed E-state index contributed by atoms with van der Waals surface area (Å²) in [6.45, 7) is 4.17. The number of aromatic nitrogens is 3. The summed E-state index contributed by atoms with van der Waals surface area (Å²) >= 11 is -0.316. The van der Waals surface area contributed by atoms with Gasteiger partial charge in [0.05, 0.1) is 55.1 Å². The van der Waals surface area contributed by atoms with E-state index in [0.717, 1.165) is 0 Å². The summed E-state index contributed by atoms with van der Waals surface area (Å²) in [6.07, 6.45) is -0.963. The van der Waals surface area contributed by atoms with E-state index < -0.39 is 30.4 Å². The number of pyridine rings is 2. The van der Waals surface area contributed by atoms with Crippen LogP contribution in [0.1, 0.15) is 12.1 Å². The van der Waals surface area contributed by atoms with Gasteiger partial charge in [0.2, 0.25) is 5.88 Å². The number of nitrogens with one attached hydrogen (secondary N) is 2. The topological polar surface area (TPSA) is 117 Å². The lowest BCUT2D eigenvalue weighted by Crippen LogP contribution is -2.65. The Kier molecular flexibility index (Phi) is 9.06. The Morgan fingerprint density at radius 1 is 1.27 bits per heavy atom. The first kappa shape index (κ1) is 31.9. The summed E-state index contributed by atoms with van der Waals surface area (Å²) in [4.78, 5) is 5.89. The summed E-state index contributed by atoms with van der Waals surface area (Å²) in [7, 11) is -1.19. The number of thioether (sulfide) groups is 1. The van der Waals surface area contributed by atoms with E-state index in [1.54, 1.807) is 42.5 Å². The van der Waals surface area contributed by atoms with Crippen molar-refractivity contribution in [2.24, 2.45) is 0 Å². The number of ether oxygens (including phenoxy) is 2. The van der Waals surface area contributed by atoms with E-state index in [0.29, 0.717) is 29.9 Å². The quantitative estimate of drug-likeness (QED) is 0.159. The maximum Gasteiger partial charge on any atom is 0.446 e. The SMILES string of the molecule is COc1nc(P(C)(C)=O)ccc1NCC#Cc1nn2c(N[C@@H]3CCN(C4(C#N)COC4)C[C@@H]3F)cccc2c1SC(F)(F)F. The molecule has 3 aromatic rings. The van der Waals surface area contributed by atoms with Crippen LogP contribution in [0.4, 0.5) is 29.1 Å². The van der Waals surface area contributed by atoms with Crippen LogP contribution in [-0.2, 0) is 9.30 Å². The number of anilines is 2. The molecule has 2 aliphatic heterocycles. The molecule has 16 heteroatoms. The second kappa shape index (κ2) is 12.5. The summed E-state index contributed by atoms with van der Waals surface area (Å²) in [6, 6.07) is 9.55. The second-order valence-electron chi connectivity index (χ2n) is 10.8. The van der Waals surface area contributed by atoms with E-state index in [9.17, 15) is 23.0 Å².